The molecule has 3 aromatic rings. The van der Waals surface area contributed by atoms with E-state index in [0.29, 0.717) is 5.76 Å². The van der Waals surface area contributed by atoms with Gasteiger partial charge in [0.15, 0.2) is 16.9 Å². The highest BCUT2D eigenvalue weighted by molar-refractivity contribution is 5.89. The fraction of sp³-hybridized carbons (Fsp3) is 0.250. The number of fused-ring (bicyclic) bond motifs is 1. The van der Waals surface area contributed by atoms with E-state index in [1.807, 2.05) is 24.3 Å². The number of phenolic OH excluding ortho intramolecular Hbond substituents is 2. The quantitative estimate of drug-likeness (QED) is 0.726. The average Bonchev–Trinajstić information content (AvgIpc) is 2.63. The van der Waals surface area contributed by atoms with Gasteiger partial charge in [0, 0.05) is 36.5 Å². The van der Waals surface area contributed by atoms with Crippen molar-refractivity contribution in [3.8, 4) is 28.6 Å². The van der Waals surface area contributed by atoms with Crippen molar-refractivity contribution < 1.29 is 19.4 Å². The number of anilines is 1. The zero-order valence-electron chi connectivity index (χ0n) is 14.9. The van der Waals surface area contributed by atoms with E-state index in [2.05, 4.69) is 18.7 Å². The Hall–Kier alpha value is -3.15. The van der Waals surface area contributed by atoms with Gasteiger partial charge in [0.1, 0.15) is 16.7 Å². The monoisotopic (exact) mass is 355 g/mol. The molecule has 0 aliphatic rings. The first-order valence-electron chi connectivity index (χ1n) is 8.42. The maximum absolute atomic E-state index is 12.5. The van der Waals surface area contributed by atoms with Gasteiger partial charge in [0.05, 0.1) is 7.11 Å². The maximum Gasteiger partial charge on any atom is 0.203 e. The lowest BCUT2D eigenvalue weighted by atomic mass is 10.1. The molecule has 0 fully saturated rings. The summed E-state index contributed by atoms with van der Waals surface area (Å²) in [5.41, 5.74) is 1.50. The molecule has 136 valence electrons. The lowest BCUT2D eigenvalue weighted by molar-refractivity contribution is 0.346. The molecule has 0 aliphatic carbocycles. The van der Waals surface area contributed by atoms with Crippen molar-refractivity contribution in [2.45, 2.75) is 13.8 Å². The van der Waals surface area contributed by atoms with Crippen molar-refractivity contribution in [1.82, 2.24) is 0 Å². The van der Waals surface area contributed by atoms with Gasteiger partial charge in [-0.2, -0.15) is 0 Å². The van der Waals surface area contributed by atoms with E-state index >= 15 is 0 Å². The molecule has 0 atom stereocenters. The molecule has 2 N–H and O–H groups in total. The molecule has 0 aliphatic heterocycles. The molecule has 3 rings (SSSR count). The van der Waals surface area contributed by atoms with Gasteiger partial charge in [-0.05, 0) is 38.1 Å². The summed E-state index contributed by atoms with van der Waals surface area (Å²) in [6.07, 6.45) is 0. The predicted octanol–water partition coefficient (Wildman–Crippen LogP) is 3.73. The second-order valence-corrected chi connectivity index (χ2v) is 5.84. The number of methoxy groups -OCH3 is 1. The SMILES string of the molecule is CCN(CC)c1ccc(-c2cc(=O)c3c(O)c(OC)c(O)cc3o2)cc1. The fourth-order valence-corrected chi connectivity index (χ4v) is 3.04. The van der Waals surface area contributed by atoms with Crippen LogP contribution in [0.2, 0.25) is 0 Å². The number of phenols is 2. The van der Waals surface area contributed by atoms with E-state index < -0.39 is 11.2 Å². The second-order valence-electron chi connectivity index (χ2n) is 5.84. The van der Waals surface area contributed by atoms with Crippen LogP contribution in [0.4, 0.5) is 5.69 Å². The van der Waals surface area contributed by atoms with Crippen LogP contribution >= 0.6 is 0 Å². The van der Waals surface area contributed by atoms with Crippen LogP contribution in [0.25, 0.3) is 22.3 Å². The number of hydrogen-bond acceptors (Lipinski definition) is 6. The Kier molecular flexibility index (Phi) is 4.75. The molecule has 6 heteroatoms. The Morgan fingerprint density at radius 2 is 1.73 bits per heavy atom. The molecule has 0 saturated heterocycles. The van der Waals surface area contributed by atoms with Gasteiger partial charge in [-0.25, -0.2) is 0 Å². The van der Waals surface area contributed by atoms with E-state index in [1.165, 1.54) is 19.2 Å². The van der Waals surface area contributed by atoms with Gasteiger partial charge in [-0.3, -0.25) is 4.79 Å². The number of aromatic hydroxyl groups is 2. The molecule has 0 radical (unpaired) electrons. The Morgan fingerprint density at radius 1 is 1.08 bits per heavy atom. The Balaban J connectivity index is 2.11. The van der Waals surface area contributed by atoms with Gasteiger partial charge in [-0.1, -0.05) is 0 Å². The second kappa shape index (κ2) is 7.00. The molecule has 1 aromatic heterocycles. The highest BCUT2D eigenvalue weighted by Crippen LogP contribution is 2.41. The number of ether oxygens (including phenoxy) is 1. The summed E-state index contributed by atoms with van der Waals surface area (Å²) in [5, 5.41) is 20.1. The molecule has 26 heavy (non-hydrogen) atoms. The van der Waals surface area contributed by atoms with E-state index in [4.69, 9.17) is 9.15 Å². The van der Waals surface area contributed by atoms with Crippen molar-refractivity contribution >= 4 is 16.7 Å². The van der Waals surface area contributed by atoms with Crippen LogP contribution < -0.4 is 15.1 Å². The zero-order valence-corrected chi connectivity index (χ0v) is 14.9. The molecule has 0 unspecified atom stereocenters. The van der Waals surface area contributed by atoms with Gasteiger partial charge in [0.2, 0.25) is 5.75 Å². The lowest BCUT2D eigenvalue weighted by Crippen LogP contribution is -2.21. The third kappa shape index (κ3) is 2.94. The standard InChI is InChI=1S/C20H21NO5/c1-4-21(5-2)13-8-6-12(7-9-13)16-10-14(22)18-17(26-16)11-15(23)20(25-3)19(18)24/h6-11,23-24H,4-5H2,1-3H3. The van der Waals surface area contributed by atoms with Gasteiger partial charge < -0.3 is 24.3 Å². The van der Waals surface area contributed by atoms with Gasteiger partial charge >= 0.3 is 0 Å². The summed E-state index contributed by atoms with van der Waals surface area (Å²) < 4.78 is 10.7. The number of benzene rings is 2. The third-order valence-electron chi connectivity index (χ3n) is 4.41. The van der Waals surface area contributed by atoms with Crippen molar-refractivity contribution in [3.63, 3.8) is 0 Å². The molecule has 6 nitrogen and oxygen atoms in total. The van der Waals surface area contributed by atoms with Crippen LogP contribution in [-0.4, -0.2) is 30.4 Å². The molecule has 0 bridgehead atoms. The molecule has 2 aromatic carbocycles. The van der Waals surface area contributed by atoms with E-state index in [-0.39, 0.29) is 22.5 Å². The average molecular weight is 355 g/mol. The van der Waals surface area contributed by atoms with Gasteiger partial charge in [-0.15, -0.1) is 0 Å². The largest absolute Gasteiger partial charge is 0.504 e. The minimum absolute atomic E-state index is 0.0249. The Labute approximate surface area is 150 Å². The first-order valence-corrected chi connectivity index (χ1v) is 8.42. The first-order chi connectivity index (χ1) is 12.5. The molecule has 0 amide bonds. The summed E-state index contributed by atoms with van der Waals surface area (Å²) in [6.45, 7) is 5.99. The molecule has 1 heterocycles. The van der Waals surface area contributed by atoms with Crippen LogP contribution in [-0.2, 0) is 0 Å². The van der Waals surface area contributed by atoms with Crippen molar-refractivity contribution in [2.75, 3.05) is 25.1 Å². The van der Waals surface area contributed by atoms with E-state index in [9.17, 15) is 15.0 Å². The molecular formula is C20H21NO5. The van der Waals surface area contributed by atoms with Gasteiger partial charge in [0.25, 0.3) is 0 Å². The summed E-state index contributed by atoms with van der Waals surface area (Å²) >= 11 is 0. The predicted molar refractivity (Wildman–Crippen MR) is 101 cm³/mol. The lowest BCUT2D eigenvalue weighted by Gasteiger charge is -2.21. The zero-order chi connectivity index (χ0) is 18.8. The summed E-state index contributed by atoms with van der Waals surface area (Å²) in [4.78, 5) is 14.7. The summed E-state index contributed by atoms with van der Waals surface area (Å²) in [7, 11) is 1.30. The fourth-order valence-electron chi connectivity index (χ4n) is 3.04. The van der Waals surface area contributed by atoms with Crippen LogP contribution in [0.15, 0.2) is 45.6 Å². The van der Waals surface area contributed by atoms with Crippen LogP contribution in [0.1, 0.15) is 13.8 Å². The normalized spacial score (nSPS) is 10.9. The Bertz CT molecular complexity index is 988. The molecule has 0 saturated carbocycles. The Morgan fingerprint density at radius 3 is 2.31 bits per heavy atom. The highest BCUT2D eigenvalue weighted by Gasteiger charge is 2.18. The highest BCUT2D eigenvalue weighted by atomic mass is 16.5. The van der Waals surface area contributed by atoms with Crippen LogP contribution in [0, 0.1) is 0 Å². The summed E-state index contributed by atoms with van der Waals surface area (Å²) in [6, 6.07) is 10.3. The van der Waals surface area contributed by atoms with Crippen molar-refractivity contribution in [2.24, 2.45) is 0 Å². The third-order valence-corrected chi connectivity index (χ3v) is 4.41. The van der Waals surface area contributed by atoms with Crippen LogP contribution in [0.3, 0.4) is 0 Å². The van der Waals surface area contributed by atoms with E-state index in [1.54, 1.807) is 0 Å². The number of nitrogens with zero attached hydrogens (tertiary/aromatic N) is 1. The smallest absolute Gasteiger partial charge is 0.203 e. The number of hydrogen-bond donors (Lipinski definition) is 2. The number of rotatable bonds is 5. The minimum Gasteiger partial charge on any atom is -0.504 e. The maximum atomic E-state index is 12.5. The van der Waals surface area contributed by atoms with Crippen LogP contribution in [0.5, 0.6) is 17.2 Å². The van der Waals surface area contributed by atoms with Crippen molar-refractivity contribution in [1.29, 1.82) is 0 Å². The molecule has 0 spiro atoms. The first kappa shape index (κ1) is 17.7. The topological polar surface area (TPSA) is 83.1 Å². The van der Waals surface area contributed by atoms with E-state index in [0.717, 1.165) is 24.3 Å². The summed E-state index contributed by atoms with van der Waals surface area (Å²) in [5.74, 6) is -0.520. The minimum atomic E-state index is -0.431. The molecular weight excluding hydrogens is 334 g/mol. The van der Waals surface area contributed by atoms with Crippen molar-refractivity contribution in [3.05, 3.63) is 46.6 Å².